The van der Waals surface area contributed by atoms with Crippen molar-refractivity contribution < 1.29 is 9.59 Å². The Bertz CT molecular complexity index is 444. The maximum Gasteiger partial charge on any atom is 0.244 e. The molecule has 0 aliphatic carbocycles. The van der Waals surface area contributed by atoms with Crippen molar-refractivity contribution >= 4 is 23.3 Å². The summed E-state index contributed by atoms with van der Waals surface area (Å²) in [6.45, 7) is 0.788. The molecule has 18 heavy (non-hydrogen) atoms. The average molecular weight is 248 g/mol. The molecule has 0 atom stereocenters. The minimum Gasteiger partial charge on any atom is -0.373 e. The average Bonchev–Trinajstić information content (AvgIpc) is 2.76. The molecular weight excluding hydrogens is 232 g/mol. The van der Waals surface area contributed by atoms with Gasteiger partial charge in [0.15, 0.2) is 0 Å². The normalized spacial score (nSPS) is 14.7. The molecule has 0 bridgehead atoms. The van der Waals surface area contributed by atoms with Crippen molar-refractivity contribution in [2.75, 3.05) is 30.8 Å². The van der Waals surface area contributed by atoms with Crippen LogP contribution in [0.3, 0.4) is 0 Å². The molecule has 2 heterocycles. The fourth-order valence-corrected chi connectivity index (χ4v) is 1.86. The second-order valence-corrected chi connectivity index (χ2v) is 4.15. The molecule has 0 saturated carbocycles. The molecule has 0 aromatic carbocycles. The fourth-order valence-electron chi connectivity index (χ4n) is 1.86. The Morgan fingerprint density at radius 2 is 2.33 bits per heavy atom. The third-order valence-electron chi connectivity index (χ3n) is 2.81. The van der Waals surface area contributed by atoms with Crippen molar-refractivity contribution in [1.82, 2.24) is 9.88 Å². The Morgan fingerprint density at radius 1 is 1.50 bits per heavy atom. The van der Waals surface area contributed by atoms with E-state index >= 15 is 0 Å². The van der Waals surface area contributed by atoms with E-state index in [0.29, 0.717) is 18.7 Å². The standard InChI is InChI=1S/C12H16N4O2/c1-13-10-5-4-9(7-14-10)15-11(17)8-16-6-2-3-12(16)18/h4-5,7H,2-3,6,8H2,1H3,(H,13,14)(H,15,17). The van der Waals surface area contributed by atoms with Crippen LogP contribution in [0.25, 0.3) is 0 Å². The second kappa shape index (κ2) is 5.48. The van der Waals surface area contributed by atoms with Crippen molar-refractivity contribution in [3.63, 3.8) is 0 Å². The van der Waals surface area contributed by atoms with E-state index in [2.05, 4.69) is 15.6 Å². The predicted molar refractivity (Wildman–Crippen MR) is 68.2 cm³/mol. The topological polar surface area (TPSA) is 74.3 Å². The van der Waals surface area contributed by atoms with Crippen molar-refractivity contribution in [1.29, 1.82) is 0 Å². The van der Waals surface area contributed by atoms with Crippen LogP contribution in [0.4, 0.5) is 11.5 Å². The number of nitrogens with one attached hydrogen (secondary N) is 2. The lowest BCUT2D eigenvalue weighted by Crippen LogP contribution is -2.33. The lowest BCUT2D eigenvalue weighted by molar-refractivity contribution is -0.131. The SMILES string of the molecule is CNc1ccc(NC(=O)CN2CCCC2=O)cn1. The molecule has 0 radical (unpaired) electrons. The number of pyridine rings is 1. The molecule has 6 nitrogen and oxygen atoms in total. The maximum absolute atomic E-state index is 11.7. The van der Waals surface area contributed by atoms with Gasteiger partial charge in [-0.05, 0) is 18.6 Å². The van der Waals surface area contributed by atoms with Crippen LogP contribution in [0.1, 0.15) is 12.8 Å². The predicted octanol–water partition coefficient (Wildman–Crippen LogP) is 0.684. The Labute approximate surface area is 105 Å². The summed E-state index contributed by atoms with van der Waals surface area (Å²) in [7, 11) is 1.78. The molecule has 0 spiro atoms. The van der Waals surface area contributed by atoms with E-state index in [1.165, 1.54) is 0 Å². The van der Waals surface area contributed by atoms with Gasteiger partial charge in [-0.1, -0.05) is 0 Å². The van der Waals surface area contributed by atoms with Crippen LogP contribution in [-0.2, 0) is 9.59 Å². The first-order chi connectivity index (χ1) is 8.69. The molecule has 2 N–H and O–H groups in total. The first-order valence-electron chi connectivity index (χ1n) is 5.90. The van der Waals surface area contributed by atoms with E-state index in [-0.39, 0.29) is 18.4 Å². The van der Waals surface area contributed by atoms with Gasteiger partial charge in [-0.3, -0.25) is 9.59 Å². The zero-order chi connectivity index (χ0) is 13.0. The van der Waals surface area contributed by atoms with Gasteiger partial charge < -0.3 is 15.5 Å². The first kappa shape index (κ1) is 12.3. The van der Waals surface area contributed by atoms with Crippen molar-refractivity contribution in [2.24, 2.45) is 0 Å². The van der Waals surface area contributed by atoms with Crippen LogP contribution in [0.2, 0.25) is 0 Å². The van der Waals surface area contributed by atoms with Gasteiger partial charge in [-0.25, -0.2) is 4.98 Å². The minimum atomic E-state index is -0.191. The summed E-state index contributed by atoms with van der Waals surface area (Å²) in [4.78, 5) is 28.8. The van der Waals surface area contributed by atoms with Crippen LogP contribution in [-0.4, -0.2) is 41.8 Å². The van der Waals surface area contributed by atoms with Crippen molar-refractivity contribution in [3.05, 3.63) is 18.3 Å². The zero-order valence-corrected chi connectivity index (χ0v) is 10.3. The highest BCUT2D eigenvalue weighted by molar-refractivity contribution is 5.94. The van der Waals surface area contributed by atoms with Gasteiger partial charge in [0.05, 0.1) is 18.4 Å². The number of amides is 2. The zero-order valence-electron chi connectivity index (χ0n) is 10.3. The first-order valence-corrected chi connectivity index (χ1v) is 5.90. The maximum atomic E-state index is 11.7. The highest BCUT2D eigenvalue weighted by Crippen LogP contribution is 2.11. The Kier molecular flexibility index (Phi) is 3.76. The summed E-state index contributed by atoms with van der Waals surface area (Å²) in [5.41, 5.74) is 0.630. The van der Waals surface area contributed by atoms with E-state index < -0.39 is 0 Å². The molecule has 0 unspecified atom stereocenters. The quantitative estimate of drug-likeness (QED) is 0.822. The molecule has 2 amide bonds. The van der Waals surface area contributed by atoms with Gasteiger partial charge in [-0.2, -0.15) is 0 Å². The number of carbonyl (C=O) groups is 2. The number of likely N-dealkylation sites (tertiary alicyclic amines) is 1. The Morgan fingerprint density at radius 3 is 2.89 bits per heavy atom. The molecular formula is C12H16N4O2. The second-order valence-electron chi connectivity index (χ2n) is 4.15. The molecule has 2 rings (SSSR count). The lowest BCUT2D eigenvalue weighted by Gasteiger charge is -2.14. The Hall–Kier alpha value is -2.11. The summed E-state index contributed by atoms with van der Waals surface area (Å²) in [6, 6.07) is 3.54. The largest absolute Gasteiger partial charge is 0.373 e. The summed E-state index contributed by atoms with van der Waals surface area (Å²) in [5, 5.41) is 5.61. The summed E-state index contributed by atoms with van der Waals surface area (Å²) in [5.74, 6) is 0.598. The molecule has 1 aromatic heterocycles. The fraction of sp³-hybridized carbons (Fsp3) is 0.417. The van der Waals surface area contributed by atoms with E-state index in [1.54, 1.807) is 30.3 Å². The number of hydrogen-bond acceptors (Lipinski definition) is 4. The van der Waals surface area contributed by atoms with Crippen LogP contribution < -0.4 is 10.6 Å². The lowest BCUT2D eigenvalue weighted by atomic mass is 10.4. The van der Waals surface area contributed by atoms with Crippen molar-refractivity contribution in [2.45, 2.75) is 12.8 Å². The van der Waals surface area contributed by atoms with Gasteiger partial charge >= 0.3 is 0 Å². The Balaban J connectivity index is 1.88. The van der Waals surface area contributed by atoms with E-state index in [4.69, 9.17) is 0 Å². The van der Waals surface area contributed by atoms with Gasteiger partial charge in [0.2, 0.25) is 11.8 Å². The van der Waals surface area contributed by atoms with Gasteiger partial charge in [0, 0.05) is 20.0 Å². The summed E-state index contributed by atoms with van der Waals surface area (Å²) < 4.78 is 0. The molecule has 96 valence electrons. The van der Waals surface area contributed by atoms with Gasteiger partial charge in [0.25, 0.3) is 0 Å². The van der Waals surface area contributed by atoms with Crippen LogP contribution >= 0.6 is 0 Å². The number of aromatic nitrogens is 1. The third-order valence-corrected chi connectivity index (χ3v) is 2.81. The highest BCUT2D eigenvalue weighted by Gasteiger charge is 2.22. The van der Waals surface area contributed by atoms with E-state index in [0.717, 1.165) is 12.2 Å². The molecule has 6 heteroatoms. The van der Waals surface area contributed by atoms with Gasteiger partial charge in [0.1, 0.15) is 5.82 Å². The van der Waals surface area contributed by atoms with E-state index in [9.17, 15) is 9.59 Å². The van der Waals surface area contributed by atoms with E-state index in [1.807, 2.05) is 0 Å². The minimum absolute atomic E-state index is 0.0498. The smallest absolute Gasteiger partial charge is 0.244 e. The number of hydrogen-bond donors (Lipinski definition) is 2. The molecule has 1 fully saturated rings. The number of carbonyl (C=O) groups excluding carboxylic acids is 2. The number of anilines is 2. The van der Waals surface area contributed by atoms with Crippen LogP contribution in [0, 0.1) is 0 Å². The molecule has 1 aliphatic heterocycles. The number of nitrogens with zero attached hydrogens (tertiary/aromatic N) is 2. The highest BCUT2D eigenvalue weighted by atomic mass is 16.2. The number of rotatable bonds is 4. The van der Waals surface area contributed by atoms with Crippen LogP contribution in [0.15, 0.2) is 18.3 Å². The summed E-state index contributed by atoms with van der Waals surface area (Å²) >= 11 is 0. The molecule has 1 aromatic rings. The summed E-state index contributed by atoms with van der Waals surface area (Å²) in [6.07, 6.45) is 2.96. The monoisotopic (exact) mass is 248 g/mol. The third kappa shape index (κ3) is 2.97. The van der Waals surface area contributed by atoms with Gasteiger partial charge in [-0.15, -0.1) is 0 Å². The van der Waals surface area contributed by atoms with Crippen molar-refractivity contribution in [3.8, 4) is 0 Å². The van der Waals surface area contributed by atoms with Crippen LogP contribution in [0.5, 0.6) is 0 Å². The molecule has 1 aliphatic rings. The molecule has 1 saturated heterocycles.